The van der Waals surface area contributed by atoms with Crippen molar-refractivity contribution in [3.8, 4) is 0 Å². The van der Waals surface area contributed by atoms with Crippen LogP contribution in [0, 0.1) is 0 Å². The summed E-state index contributed by atoms with van der Waals surface area (Å²) in [6, 6.07) is 0. The SMILES string of the molecule is C=CSC(=C)/C(C=C)=C\C=C/C. The lowest BCUT2D eigenvalue weighted by molar-refractivity contribution is 1.66. The van der Waals surface area contributed by atoms with Crippen LogP contribution in [0.3, 0.4) is 0 Å². The second kappa shape index (κ2) is 6.74. The quantitative estimate of drug-likeness (QED) is 0.572. The minimum atomic E-state index is 0.970. The van der Waals surface area contributed by atoms with Crippen LogP contribution in [0.2, 0.25) is 0 Å². The maximum atomic E-state index is 3.89. The van der Waals surface area contributed by atoms with E-state index in [0.29, 0.717) is 0 Å². The first-order valence-electron chi connectivity index (χ1n) is 3.68. The van der Waals surface area contributed by atoms with Gasteiger partial charge < -0.3 is 0 Å². The molecule has 64 valence electrons. The molecule has 0 amide bonds. The van der Waals surface area contributed by atoms with Crippen molar-refractivity contribution < 1.29 is 0 Å². The molecule has 0 saturated carbocycles. The van der Waals surface area contributed by atoms with Crippen molar-refractivity contribution in [1.82, 2.24) is 0 Å². The van der Waals surface area contributed by atoms with Gasteiger partial charge in [0.05, 0.1) is 0 Å². The van der Waals surface area contributed by atoms with E-state index in [-0.39, 0.29) is 0 Å². The van der Waals surface area contributed by atoms with Crippen molar-refractivity contribution in [2.75, 3.05) is 0 Å². The van der Waals surface area contributed by atoms with Gasteiger partial charge in [-0.1, -0.05) is 55.8 Å². The summed E-state index contributed by atoms with van der Waals surface area (Å²) in [5.41, 5.74) is 1.04. The summed E-state index contributed by atoms with van der Waals surface area (Å²) in [4.78, 5) is 0.970. The maximum Gasteiger partial charge on any atom is 0.0116 e. The second-order valence-corrected chi connectivity index (χ2v) is 3.12. The summed E-state index contributed by atoms with van der Waals surface area (Å²) in [7, 11) is 0. The lowest BCUT2D eigenvalue weighted by atomic mass is 10.2. The highest BCUT2D eigenvalue weighted by Crippen LogP contribution is 2.23. The van der Waals surface area contributed by atoms with Crippen molar-refractivity contribution >= 4 is 11.8 Å². The number of allylic oxidation sites excluding steroid dienone is 5. The molecule has 0 rings (SSSR count). The predicted octanol–water partition coefficient (Wildman–Crippen LogP) is 4.07. The van der Waals surface area contributed by atoms with Gasteiger partial charge in [0.1, 0.15) is 0 Å². The van der Waals surface area contributed by atoms with Gasteiger partial charge in [-0.25, -0.2) is 0 Å². The molecule has 0 bridgehead atoms. The Morgan fingerprint density at radius 1 is 1.33 bits per heavy atom. The third-order valence-corrected chi connectivity index (χ3v) is 1.92. The zero-order valence-electron chi connectivity index (χ0n) is 7.42. The van der Waals surface area contributed by atoms with Crippen molar-refractivity contribution in [3.05, 3.63) is 59.9 Å². The van der Waals surface area contributed by atoms with Crippen molar-refractivity contribution in [2.24, 2.45) is 0 Å². The topological polar surface area (TPSA) is 0 Å². The van der Waals surface area contributed by atoms with Gasteiger partial charge in [0.25, 0.3) is 0 Å². The summed E-state index contributed by atoms with van der Waals surface area (Å²) < 4.78 is 0. The molecule has 0 radical (unpaired) electrons. The average Bonchev–Trinajstić information content (AvgIpc) is 2.06. The van der Waals surface area contributed by atoms with E-state index >= 15 is 0 Å². The van der Waals surface area contributed by atoms with Gasteiger partial charge in [0, 0.05) is 4.91 Å². The van der Waals surface area contributed by atoms with Gasteiger partial charge in [-0.15, -0.1) is 0 Å². The van der Waals surface area contributed by atoms with Crippen molar-refractivity contribution in [1.29, 1.82) is 0 Å². The summed E-state index contributed by atoms with van der Waals surface area (Å²) in [6.07, 6.45) is 7.70. The van der Waals surface area contributed by atoms with Crippen LogP contribution in [0.15, 0.2) is 59.9 Å². The van der Waals surface area contributed by atoms with Gasteiger partial charge in [0.15, 0.2) is 0 Å². The molecule has 0 aliphatic carbocycles. The Kier molecular flexibility index (Phi) is 6.21. The van der Waals surface area contributed by atoms with Gasteiger partial charge in [-0.05, 0) is 17.9 Å². The number of thioether (sulfide) groups is 1. The maximum absolute atomic E-state index is 3.89. The molecule has 0 aliphatic rings. The Morgan fingerprint density at radius 2 is 2.00 bits per heavy atom. The minimum absolute atomic E-state index is 0.970. The Bertz CT molecular complexity index is 231. The van der Waals surface area contributed by atoms with Crippen LogP contribution in [0.4, 0.5) is 0 Å². The lowest BCUT2D eigenvalue weighted by Gasteiger charge is -2.00. The normalized spacial score (nSPS) is 11.6. The number of hydrogen-bond donors (Lipinski definition) is 0. The van der Waals surface area contributed by atoms with Crippen LogP contribution < -0.4 is 0 Å². The highest BCUT2D eigenvalue weighted by Gasteiger charge is 1.94. The molecular formula is C11H14S. The molecule has 0 aromatic rings. The highest BCUT2D eigenvalue weighted by atomic mass is 32.2. The predicted molar refractivity (Wildman–Crippen MR) is 60.0 cm³/mol. The molecule has 0 aromatic heterocycles. The fourth-order valence-corrected chi connectivity index (χ4v) is 1.13. The third kappa shape index (κ3) is 4.04. The zero-order chi connectivity index (χ0) is 9.40. The average molecular weight is 178 g/mol. The van der Waals surface area contributed by atoms with Crippen LogP contribution in [0.1, 0.15) is 6.92 Å². The molecule has 12 heavy (non-hydrogen) atoms. The Balaban J connectivity index is 4.43. The van der Waals surface area contributed by atoms with Crippen LogP contribution in [-0.2, 0) is 0 Å². The first-order valence-corrected chi connectivity index (χ1v) is 4.56. The summed E-state index contributed by atoms with van der Waals surface area (Å²) >= 11 is 1.51. The third-order valence-electron chi connectivity index (χ3n) is 1.24. The van der Waals surface area contributed by atoms with Crippen molar-refractivity contribution in [2.45, 2.75) is 6.92 Å². The molecule has 0 N–H and O–H groups in total. The summed E-state index contributed by atoms with van der Waals surface area (Å²) in [6.45, 7) is 13.2. The van der Waals surface area contributed by atoms with Gasteiger partial charge in [0.2, 0.25) is 0 Å². The standard InChI is InChI=1S/C11H14S/c1-5-8-9-11(6-2)10(4)12-7-3/h5-9H,2-4H2,1H3/b8-5-,11-9-. The van der Waals surface area contributed by atoms with Gasteiger partial charge >= 0.3 is 0 Å². The van der Waals surface area contributed by atoms with Crippen molar-refractivity contribution in [3.63, 3.8) is 0 Å². The Hall–Kier alpha value is -0.950. The van der Waals surface area contributed by atoms with E-state index in [0.717, 1.165) is 10.5 Å². The lowest BCUT2D eigenvalue weighted by Crippen LogP contribution is -1.76. The fourth-order valence-electron chi connectivity index (χ4n) is 0.643. The zero-order valence-corrected chi connectivity index (χ0v) is 8.23. The fraction of sp³-hybridized carbons (Fsp3) is 0.0909. The smallest absolute Gasteiger partial charge is 0.0116 e. The number of rotatable bonds is 5. The largest absolute Gasteiger partial charge is 0.0987 e. The minimum Gasteiger partial charge on any atom is -0.0987 e. The molecule has 1 heteroatoms. The molecule has 0 unspecified atom stereocenters. The second-order valence-electron chi connectivity index (χ2n) is 2.06. The molecular weight excluding hydrogens is 164 g/mol. The molecule has 0 fully saturated rings. The van der Waals surface area contributed by atoms with E-state index in [4.69, 9.17) is 0 Å². The first-order chi connectivity index (χ1) is 5.76. The van der Waals surface area contributed by atoms with Crippen LogP contribution in [0.25, 0.3) is 0 Å². The van der Waals surface area contributed by atoms with E-state index in [9.17, 15) is 0 Å². The van der Waals surface area contributed by atoms with Gasteiger partial charge in [-0.3, -0.25) is 0 Å². The van der Waals surface area contributed by atoms with E-state index in [1.807, 2.05) is 25.2 Å². The Labute approximate surface area is 79.1 Å². The van der Waals surface area contributed by atoms with E-state index < -0.39 is 0 Å². The van der Waals surface area contributed by atoms with Gasteiger partial charge in [-0.2, -0.15) is 0 Å². The van der Waals surface area contributed by atoms with E-state index in [2.05, 4.69) is 19.7 Å². The van der Waals surface area contributed by atoms with E-state index in [1.54, 1.807) is 11.5 Å². The molecule has 0 atom stereocenters. The monoisotopic (exact) mass is 178 g/mol. The first kappa shape index (κ1) is 11.1. The summed E-state index contributed by atoms with van der Waals surface area (Å²) in [5.74, 6) is 0. The number of hydrogen-bond acceptors (Lipinski definition) is 1. The Morgan fingerprint density at radius 3 is 2.42 bits per heavy atom. The highest BCUT2D eigenvalue weighted by molar-refractivity contribution is 8.06. The van der Waals surface area contributed by atoms with E-state index in [1.165, 1.54) is 11.8 Å². The molecule has 0 aromatic carbocycles. The molecule has 0 saturated heterocycles. The van der Waals surface area contributed by atoms with Crippen LogP contribution >= 0.6 is 11.8 Å². The van der Waals surface area contributed by atoms with Crippen LogP contribution in [-0.4, -0.2) is 0 Å². The van der Waals surface area contributed by atoms with Crippen LogP contribution in [0.5, 0.6) is 0 Å². The molecule has 0 aliphatic heterocycles. The summed E-state index contributed by atoms with van der Waals surface area (Å²) in [5, 5.41) is 1.76. The molecule has 0 heterocycles. The molecule has 0 nitrogen and oxygen atoms in total. The molecule has 0 spiro atoms.